The van der Waals surface area contributed by atoms with Crippen LogP contribution < -0.4 is 0 Å². The number of ether oxygens (including phenoxy) is 1. The van der Waals surface area contributed by atoms with E-state index in [-0.39, 0.29) is 11.7 Å². The zero-order valence-corrected chi connectivity index (χ0v) is 9.66. The van der Waals surface area contributed by atoms with Crippen molar-refractivity contribution in [1.82, 2.24) is 0 Å². The maximum absolute atomic E-state index is 13.2. The van der Waals surface area contributed by atoms with Gasteiger partial charge in [0.15, 0.2) is 0 Å². The number of rotatable bonds is 3. The SMILES string of the molecule is COC(=O)/C=C\c1cc(F)cc(C(C)C)c1. The van der Waals surface area contributed by atoms with Gasteiger partial charge in [-0.1, -0.05) is 19.9 Å². The van der Waals surface area contributed by atoms with Crippen molar-refractivity contribution in [3.8, 4) is 0 Å². The average Bonchev–Trinajstić information content (AvgIpc) is 2.25. The lowest BCUT2D eigenvalue weighted by Crippen LogP contribution is -1.94. The topological polar surface area (TPSA) is 26.3 Å². The Labute approximate surface area is 94.7 Å². The molecule has 1 rings (SSSR count). The predicted octanol–water partition coefficient (Wildman–Crippen LogP) is 3.14. The zero-order valence-electron chi connectivity index (χ0n) is 9.66. The standard InChI is InChI=1S/C13H15FO2/c1-9(2)11-6-10(7-12(14)8-11)4-5-13(15)16-3/h4-9H,1-3H3/b5-4-. The first-order valence-electron chi connectivity index (χ1n) is 5.09. The third-order valence-corrected chi connectivity index (χ3v) is 2.22. The van der Waals surface area contributed by atoms with Crippen LogP contribution >= 0.6 is 0 Å². The van der Waals surface area contributed by atoms with Crippen molar-refractivity contribution >= 4 is 12.0 Å². The molecule has 0 aliphatic heterocycles. The van der Waals surface area contributed by atoms with E-state index in [0.29, 0.717) is 5.56 Å². The molecule has 0 aliphatic rings. The van der Waals surface area contributed by atoms with Crippen LogP contribution in [0, 0.1) is 5.82 Å². The van der Waals surface area contributed by atoms with E-state index in [1.54, 1.807) is 6.08 Å². The fourth-order valence-electron chi connectivity index (χ4n) is 1.30. The van der Waals surface area contributed by atoms with Crippen molar-refractivity contribution in [2.45, 2.75) is 19.8 Å². The highest BCUT2D eigenvalue weighted by atomic mass is 19.1. The predicted molar refractivity (Wildman–Crippen MR) is 61.5 cm³/mol. The van der Waals surface area contributed by atoms with E-state index in [2.05, 4.69) is 4.74 Å². The molecule has 0 heterocycles. The molecule has 0 spiro atoms. The number of halogens is 1. The molecule has 3 heteroatoms. The largest absolute Gasteiger partial charge is 0.466 e. The maximum atomic E-state index is 13.2. The van der Waals surface area contributed by atoms with E-state index in [1.807, 2.05) is 19.9 Å². The number of hydrogen-bond donors (Lipinski definition) is 0. The number of carbonyl (C=O) groups excluding carboxylic acids is 1. The van der Waals surface area contributed by atoms with Crippen molar-refractivity contribution in [1.29, 1.82) is 0 Å². The minimum atomic E-state index is -0.449. The van der Waals surface area contributed by atoms with Crippen molar-refractivity contribution in [2.75, 3.05) is 7.11 Å². The highest BCUT2D eigenvalue weighted by Gasteiger charge is 2.03. The van der Waals surface area contributed by atoms with Gasteiger partial charge < -0.3 is 4.74 Å². The molecule has 0 aromatic heterocycles. The summed E-state index contributed by atoms with van der Waals surface area (Å²) >= 11 is 0. The van der Waals surface area contributed by atoms with E-state index in [1.165, 1.54) is 25.3 Å². The molecule has 0 aliphatic carbocycles. The minimum absolute atomic E-state index is 0.251. The molecular weight excluding hydrogens is 207 g/mol. The number of hydrogen-bond acceptors (Lipinski definition) is 2. The molecule has 16 heavy (non-hydrogen) atoms. The second-order valence-corrected chi connectivity index (χ2v) is 3.83. The Balaban J connectivity index is 2.97. The van der Waals surface area contributed by atoms with E-state index in [4.69, 9.17) is 0 Å². The lowest BCUT2D eigenvalue weighted by Gasteiger charge is -2.06. The van der Waals surface area contributed by atoms with Crippen LogP contribution in [-0.4, -0.2) is 13.1 Å². The molecule has 0 N–H and O–H groups in total. The molecule has 86 valence electrons. The second-order valence-electron chi connectivity index (χ2n) is 3.83. The van der Waals surface area contributed by atoms with Crippen LogP contribution in [0.1, 0.15) is 30.9 Å². The highest BCUT2D eigenvalue weighted by Crippen LogP contribution is 2.18. The smallest absolute Gasteiger partial charge is 0.330 e. The van der Waals surface area contributed by atoms with Crippen molar-refractivity contribution in [3.63, 3.8) is 0 Å². The Kier molecular flexibility index (Phi) is 4.23. The molecular formula is C13H15FO2. The number of esters is 1. The molecule has 0 amide bonds. The summed E-state index contributed by atoms with van der Waals surface area (Å²) in [4.78, 5) is 10.9. The Hall–Kier alpha value is -1.64. The van der Waals surface area contributed by atoms with Crippen molar-refractivity contribution < 1.29 is 13.9 Å². The van der Waals surface area contributed by atoms with Gasteiger partial charge in [0.1, 0.15) is 5.82 Å². The maximum Gasteiger partial charge on any atom is 0.330 e. The Morgan fingerprint density at radius 1 is 1.38 bits per heavy atom. The Bertz CT molecular complexity index is 408. The van der Waals surface area contributed by atoms with Crippen LogP contribution in [0.4, 0.5) is 4.39 Å². The van der Waals surface area contributed by atoms with Gasteiger partial charge in [-0.2, -0.15) is 0 Å². The molecule has 2 nitrogen and oxygen atoms in total. The molecule has 0 radical (unpaired) electrons. The van der Waals surface area contributed by atoms with E-state index < -0.39 is 5.97 Å². The molecule has 0 saturated carbocycles. The summed E-state index contributed by atoms with van der Waals surface area (Å²) in [5.41, 5.74) is 1.57. The van der Waals surface area contributed by atoms with Gasteiger partial charge in [0.25, 0.3) is 0 Å². The van der Waals surface area contributed by atoms with Crippen molar-refractivity contribution in [3.05, 3.63) is 41.2 Å². The summed E-state index contributed by atoms with van der Waals surface area (Å²) in [6.45, 7) is 3.98. The summed E-state index contributed by atoms with van der Waals surface area (Å²) in [5.74, 6) is -0.493. The molecule has 0 fully saturated rings. The fraction of sp³-hybridized carbons (Fsp3) is 0.308. The Morgan fingerprint density at radius 3 is 2.62 bits per heavy atom. The van der Waals surface area contributed by atoms with Crippen LogP contribution in [-0.2, 0) is 9.53 Å². The normalized spacial score (nSPS) is 11.1. The van der Waals surface area contributed by atoms with Crippen LogP contribution in [0.15, 0.2) is 24.3 Å². The van der Waals surface area contributed by atoms with E-state index >= 15 is 0 Å². The third kappa shape index (κ3) is 3.50. The monoisotopic (exact) mass is 222 g/mol. The molecule has 0 saturated heterocycles. The molecule has 0 unspecified atom stereocenters. The van der Waals surface area contributed by atoms with Crippen LogP contribution in [0.5, 0.6) is 0 Å². The Morgan fingerprint density at radius 2 is 2.06 bits per heavy atom. The van der Waals surface area contributed by atoms with Crippen molar-refractivity contribution in [2.24, 2.45) is 0 Å². The van der Waals surface area contributed by atoms with Gasteiger partial charge in [-0.25, -0.2) is 9.18 Å². The van der Waals surface area contributed by atoms with Gasteiger partial charge in [-0.05, 0) is 35.3 Å². The van der Waals surface area contributed by atoms with Crippen LogP contribution in [0.3, 0.4) is 0 Å². The number of methoxy groups -OCH3 is 1. The van der Waals surface area contributed by atoms with E-state index in [9.17, 15) is 9.18 Å². The van der Waals surface area contributed by atoms with E-state index in [0.717, 1.165) is 5.56 Å². The first-order valence-corrected chi connectivity index (χ1v) is 5.09. The first-order chi connectivity index (χ1) is 7.52. The summed E-state index contributed by atoms with van der Waals surface area (Å²) in [5, 5.41) is 0. The fourth-order valence-corrected chi connectivity index (χ4v) is 1.30. The van der Waals surface area contributed by atoms with Crippen LogP contribution in [0.25, 0.3) is 6.08 Å². The van der Waals surface area contributed by atoms with Gasteiger partial charge in [0.05, 0.1) is 7.11 Å². The van der Waals surface area contributed by atoms with Gasteiger partial charge >= 0.3 is 5.97 Å². The molecule has 1 aromatic carbocycles. The zero-order chi connectivity index (χ0) is 12.1. The summed E-state index contributed by atoms with van der Waals surface area (Å²) < 4.78 is 17.7. The lowest BCUT2D eigenvalue weighted by molar-refractivity contribution is -0.134. The second kappa shape index (κ2) is 5.45. The number of carbonyl (C=O) groups is 1. The average molecular weight is 222 g/mol. The van der Waals surface area contributed by atoms with Gasteiger partial charge in [-0.3, -0.25) is 0 Å². The first kappa shape index (κ1) is 12.4. The van der Waals surface area contributed by atoms with Gasteiger partial charge in [0.2, 0.25) is 0 Å². The summed E-state index contributed by atoms with van der Waals surface area (Å²) in [7, 11) is 1.30. The highest BCUT2D eigenvalue weighted by molar-refractivity contribution is 5.86. The quantitative estimate of drug-likeness (QED) is 0.580. The molecule has 1 aromatic rings. The number of benzene rings is 1. The van der Waals surface area contributed by atoms with Gasteiger partial charge in [0, 0.05) is 6.08 Å². The van der Waals surface area contributed by atoms with Gasteiger partial charge in [-0.15, -0.1) is 0 Å². The van der Waals surface area contributed by atoms with Crippen LogP contribution in [0.2, 0.25) is 0 Å². The molecule has 0 bridgehead atoms. The molecule has 0 atom stereocenters. The minimum Gasteiger partial charge on any atom is -0.466 e. The third-order valence-electron chi connectivity index (χ3n) is 2.22. The lowest BCUT2D eigenvalue weighted by atomic mass is 10.0. The summed E-state index contributed by atoms with van der Waals surface area (Å²) in [6, 6.07) is 4.73. The summed E-state index contributed by atoms with van der Waals surface area (Å²) in [6.07, 6.45) is 2.82.